The second kappa shape index (κ2) is 6.06. The van der Waals surface area contributed by atoms with Gasteiger partial charge in [0.2, 0.25) is 11.7 Å². The maximum atomic E-state index is 12.6. The van der Waals surface area contributed by atoms with Crippen molar-refractivity contribution < 1.29 is 17.9 Å². The molecule has 0 fully saturated rings. The number of nitrogen functional groups attached to an aromatic ring is 1. The molecule has 0 atom stereocenters. The molecule has 0 saturated carbocycles. The monoisotopic (exact) mass is 304 g/mol. The van der Waals surface area contributed by atoms with Gasteiger partial charge < -0.3 is 10.2 Å². The Morgan fingerprint density at radius 2 is 2.15 bits per heavy atom. The molecule has 20 heavy (non-hydrogen) atoms. The van der Waals surface area contributed by atoms with Crippen molar-refractivity contribution in [3.8, 4) is 5.88 Å². The van der Waals surface area contributed by atoms with E-state index in [2.05, 4.69) is 15.4 Å². The van der Waals surface area contributed by atoms with E-state index < -0.39 is 12.0 Å². The number of anilines is 1. The maximum absolute atomic E-state index is 12.6. The van der Waals surface area contributed by atoms with Gasteiger partial charge in [0.1, 0.15) is 5.82 Å². The second-order valence-corrected chi connectivity index (χ2v) is 4.77. The van der Waals surface area contributed by atoms with Crippen molar-refractivity contribution >= 4 is 17.2 Å². The normalized spacial score (nSPS) is 11.4. The SMILES string of the molecule is NNc1cc(OCCc2cccs2)nc(C(F)(F)F)n1. The second-order valence-electron chi connectivity index (χ2n) is 3.73. The van der Waals surface area contributed by atoms with E-state index in [1.807, 2.05) is 17.5 Å². The number of halogens is 3. The number of hydrazine groups is 1. The molecule has 0 amide bonds. The van der Waals surface area contributed by atoms with Crippen LogP contribution in [-0.4, -0.2) is 16.6 Å². The summed E-state index contributed by atoms with van der Waals surface area (Å²) >= 11 is 1.55. The molecule has 0 bridgehead atoms. The van der Waals surface area contributed by atoms with Crippen LogP contribution in [0.4, 0.5) is 19.0 Å². The Morgan fingerprint density at radius 1 is 1.35 bits per heavy atom. The number of ether oxygens (including phenoxy) is 1. The lowest BCUT2D eigenvalue weighted by Crippen LogP contribution is -2.16. The summed E-state index contributed by atoms with van der Waals surface area (Å²) < 4.78 is 43.0. The first-order chi connectivity index (χ1) is 9.49. The molecule has 0 unspecified atom stereocenters. The Kier molecular flexibility index (Phi) is 4.40. The van der Waals surface area contributed by atoms with E-state index in [0.717, 1.165) is 4.88 Å². The van der Waals surface area contributed by atoms with Crippen LogP contribution >= 0.6 is 11.3 Å². The highest BCUT2D eigenvalue weighted by atomic mass is 32.1. The first kappa shape index (κ1) is 14.5. The summed E-state index contributed by atoms with van der Waals surface area (Å²) in [5.74, 6) is 3.46. The number of thiophene rings is 1. The molecule has 2 aromatic rings. The summed E-state index contributed by atoms with van der Waals surface area (Å²) in [6.07, 6.45) is -4.06. The molecule has 0 aliphatic heterocycles. The van der Waals surface area contributed by atoms with Crippen molar-refractivity contribution in [2.45, 2.75) is 12.6 Å². The number of rotatable bonds is 5. The van der Waals surface area contributed by atoms with Crippen LogP contribution in [0.15, 0.2) is 23.6 Å². The fraction of sp³-hybridized carbons (Fsp3) is 0.273. The molecule has 2 heterocycles. The summed E-state index contributed by atoms with van der Waals surface area (Å²) in [7, 11) is 0. The zero-order valence-corrected chi connectivity index (χ0v) is 11.0. The van der Waals surface area contributed by atoms with E-state index in [1.165, 1.54) is 6.07 Å². The first-order valence-corrected chi connectivity index (χ1v) is 6.45. The predicted octanol–water partition coefficient (Wildman–Crippen LogP) is 2.46. The van der Waals surface area contributed by atoms with Crippen LogP contribution in [0.5, 0.6) is 5.88 Å². The number of alkyl halides is 3. The molecule has 0 saturated heterocycles. The van der Waals surface area contributed by atoms with Gasteiger partial charge in [-0.1, -0.05) is 6.07 Å². The lowest BCUT2D eigenvalue weighted by molar-refractivity contribution is -0.145. The minimum Gasteiger partial charge on any atom is -0.477 e. The quantitative estimate of drug-likeness (QED) is 0.656. The van der Waals surface area contributed by atoms with E-state index in [-0.39, 0.29) is 18.3 Å². The van der Waals surface area contributed by atoms with E-state index in [9.17, 15) is 13.2 Å². The van der Waals surface area contributed by atoms with Crippen LogP contribution in [-0.2, 0) is 12.6 Å². The molecule has 0 aromatic carbocycles. The van der Waals surface area contributed by atoms with Gasteiger partial charge in [0.15, 0.2) is 0 Å². The highest BCUT2D eigenvalue weighted by molar-refractivity contribution is 7.09. The lowest BCUT2D eigenvalue weighted by atomic mass is 10.4. The standard InChI is InChI=1S/C11H11F3N4OS/c12-11(13,14)10-16-8(18-15)6-9(17-10)19-4-3-7-2-1-5-20-7/h1-2,5-6H,3-4,15H2,(H,16,17,18). The third-order valence-corrected chi connectivity index (χ3v) is 3.22. The molecule has 9 heteroatoms. The topological polar surface area (TPSA) is 73.1 Å². The minimum atomic E-state index is -4.65. The number of nitrogens with one attached hydrogen (secondary N) is 1. The minimum absolute atomic E-state index is 0.154. The third-order valence-electron chi connectivity index (χ3n) is 2.28. The van der Waals surface area contributed by atoms with Crippen molar-refractivity contribution in [2.75, 3.05) is 12.0 Å². The molecule has 0 spiro atoms. The number of aromatic nitrogens is 2. The van der Waals surface area contributed by atoms with Gasteiger partial charge in [-0.2, -0.15) is 18.2 Å². The number of nitrogens with zero attached hydrogens (tertiary/aromatic N) is 2. The Balaban J connectivity index is 2.06. The highest BCUT2D eigenvalue weighted by Crippen LogP contribution is 2.28. The Morgan fingerprint density at radius 3 is 2.75 bits per heavy atom. The Labute approximate surface area is 116 Å². The van der Waals surface area contributed by atoms with E-state index in [0.29, 0.717) is 6.42 Å². The maximum Gasteiger partial charge on any atom is 0.451 e. The highest BCUT2D eigenvalue weighted by Gasteiger charge is 2.35. The summed E-state index contributed by atoms with van der Waals surface area (Å²) in [5, 5.41) is 1.91. The van der Waals surface area contributed by atoms with Gasteiger partial charge in [-0.15, -0.1) is 11.3 Å². The molecule has 5 nitrogen and oxygen atoms in total. The van der Waals surface area contributed by atoms with Crippen molar-refractivity contribution in [3.63, 3.8) is 0 Å². The number of nitrogens with two attached hydrogens (primary N) is 1. The zero-order valence-electron chi connectivity index (χ0n) is 10.1. The van der Waals surface area contributed by atoms with Gasteiger partial charge in [0.25, 0.3) is 0 Å². The van der Waals surface area contributed by atoms with Crippen LogP contribution in [0.3, 0.4) is 0 Å². The van der Waals surface area contributed by atoms with Crippen LogP contribution in [0, 0.1) is 0 Å². The van der Waals surface area contributed by atoms with Crippen LogP contribution in [0.25, 0.3) is 0 Å². The molecule has 3 N–H and O–H groups in total. The summed E-state index contributed by atoms with van der Waals surface area (Å²) in [4.78, 5) is 7.63. The van der Waals surface area contributed by atoms with E-state index >= 15 is 0 Å². The fourth-order valence-corrected chi connectivity index (χ4v) is 2.10. The molecule has 0 aliphatic carbocycles. The van der Waals surface area contributed by atoms with Gasteiger partial charge in [-0.25, -0.2) is 10.8 Å². The summed E-state index contributed by atoms with van der Waals surface area (Å²) in [6, 6.07) is 5.02. The average Bonchev–Trinajstić information content (AvgIpc) is 2.90. The van der Waals surface area contributed by atoms with Gasteiger partial charge >= 0.3 is 6.18 Å². The largest absolute Gasteiger partial charge is 0.477 e. The van der Waals surface area contributed by atoms with Crippen LogP contribution in [0.1, 0.15) is 10.7 Å². The van der Waals surface area contributed by atoms with Crippen molar-refractivity contribution in [1.82, 2.24) is 9.97 Å². The van der Waals surface area contributed by atoms with E-state index in [4.69, 9.17) is 10.6 Å². The molecular formula is C11H11F3N4OS. The van der Waals surface area contributed by atoms with Crippen molar-refractivity contribution in [3.05, 3.63) is 34.3 Å². The first-order valence-electron chi connectivity index (χ1n) is 5.57. The fourth-order valence-electron chi connectivity index (χ4n) is 1.41. The molecule has 108 valence electrons. The van der Waals surface area contributed by atoms with Gasteiger partial charge in [-0.05, 0) is 11.4 Å². The van der Waals surface area contributed by atoms with Gasteiger partial charge in [-0.3, -0.25) is 0 Å². The smallest absolute Gasteiger partial charge is 0.451 e. The summed E-state index contributed by atoms with van der Waals surface area (Å²) in [6.45, 7) is 0.221. The van der Waals surface area contributed by atoms with Crippen LogP contribution in [0.2, 0.25) is 0 Å². The van der Waals surface area contributed by atoms with Crippen molar-refractivity contribution in [2.24, 2.45) is 5.84 Å². The third kappa shape index (κ3) is 3.81. The van der Waals surface area contributed by atoms with Crippen molar-refractivity contribution in [1.29, 1.82) is 0 Å². The zero-order chi connectivity index (χ0) is 14.6. The lowest BCUT2D eigenvalue weighted by Gasteiger charge is -2.10. The predicted molar refractivity (Wildman–Crippen MR) is 68.4 cm³/mol. The number of hydrogen-bond donors (Lipinski definition) is 2. The Hall–Kier alpha value is -1.87. The average molecular weight is 304 g/mol. The molecule has 0 aliphatic rings. The molecular weight excluding hydrogens is 293 g/mol. The van der Waals surface area contributed by atoms with Crippen LogP contribution < -0.4 is 16.0 Å². The van der Waals surface area contributed by atoms with E-state index in [1.54, 1.807) is 11.3 Å². The Bertz CT molecular complexity index is 559. The number of hydrogen-bond acceptors (Lipinski definition) is 6. The molecule has 2 rings (SSSR count). The summed E-state index contributed by atoms with van der Waals surface area (Å²) in [5.41, 5.74) is 2.05. The molecule has 0 radical (unpaired) electrons. The van der Waals surface area contributed by atoms with Gasteiger partial charge in [0.05, 0.1) is 6.61 Å². The van der Waals surface area contributed by atoms with Gasteiger partial charge in [0, 0.05) is 17.4 Å². The molecule has 2 aromatic heterocycles.